The Balaban J connectivity index is 4.23. The lowest BCUT2D eigenvalue weighted by Crippen LogP contribution is -2.45. The molecule has 0 aliphatic rings. The summed E-state index contributed by atoms with van der Waals surface area (Å²) < 4.78 is 11.8. The van der Waals surface area contributed by atoms with Crippen molar-refractivity contribution in [3.05, 3.63) is 12.7 Å². The van der Waals surface area contributed by atoms with E-state index in [1.54, 1.807) is 0 Å². The fourth-order valence-corrected chi connectivity index (χ4v) is 7.35. The van der Waals surface area contributed by atoms with Gasteiger partial charge in [0.1, 0.15) is 0 Å². The maximum absolute atomic E-state index is 5.92. The van der Waals surface area contributed by atoms with Crippen LogP contribution >= 0.6 is 0 Å². The molecular weight excluding hydrogens is 196 g/mol. The topological polar surface area (TPSA) is 18.5 Å². The fraction of sp³-hybridized carbons (Fsp3) is 0.778. The third-order valence-electron chi connectivity index (χ3n) is 1.52. The molecule has 0 unspecified atom stereocenters. The first kappa shape index (κ1) is 13.1. The molecule has 78 valence electrons. The molecule has 0 aromatic carbocycles. The number of rotatable bonds is 5. The van der Waals surface area contributed by atoms with Crippen molar-refractivity contribution in [3.8, 4) is 0 Å². The summed E-state index contributed by atoms with van der Waals surface area (Å²) in [5.74, 6) is 0. The van der Waals surface area contributed by atoms with Crippen LogP contribution in [0.4, 0.5) is 0 Å². The molecule has 0 fully saturated rings. The van der Waals surface area contributed by atoms with Crippen molar-refractivity contribution >= 4 is 17.6 Å². The van der Waals surface area contributed by atoms with Crippen LogP contribution in [0.2, 0.25) is 26.2 Å². The summed E-state index contributed by atoms with van der Waals surface area (Å²) in [6.07, 6.45) is 1.83. The zero-order valence-corrected chi connectivity index (χ0v) is 11.8. The molecule has 0 aromatic heterocycles. The van der Waals surface area contributed by atoms with Crippen molar-refractivity contribution in [3.63, 3.8) is 0 Å². The summed E-state index contributed by atoms with van der Waals surface area (Å²) in [7, 11) is -2.93. The van der Waals surface area contributed by atoms with Gasteiger partial charge in [-0.1, -0.05) is 6.08 Å². The lowest BCUT2D eigenvalue weighted by Gasteiger charge is -2.33. The van der Waals surface area contributed by atoms with E-state index < -0.39 is 17.6 Å². The van der Waals surface area contributed by atoms with Gasteiger partial charge in [-0.3, -0.25) is 0 Å². The van der Waals surface area contributed by atoms with Crippen molar-refractivity contribution in [2.75, 3.05) is 0 Å². The second kappa shape index (κ2) is 4.55. The lowest BCUT2D eigenvalue weighted by atomic mass is 10.1. The Bertz CT molecular complexity index is 176. The first-order valence-electron chi connectivity index (χ1n) is 4.70. The molecule has 13 heavy (non-hydrogen) atoms. The van der Waals surface area contributed by atoms with Gasteiger partial charge in [-0.05, 0) is 40.0 Å². The van der Waals surface area contributed by atoms with E-state index in [2.05, 4.69) is 32.8 Å². The maximum atomic E-state index is 5.92. The Kier molecular flexibility index (Phi) is 4.58. The van der Waals surface area contributed by atoms with Crippen LogP contribution in [0.25, 0.3) is 0 Å². The molecule has 0 saturated heterocycles. The highest BCUT2D eigenvalue weighted by atomic mass is 28.4. The van der Waals surface area contributed by atoms with Crippen LogP contribution in [0.5, 0.6) is 0 Å². The largest absolute Gasteiger partial charge is 0.439 e. The summed E-state index contributed by atoms with van der Waals surface area (Å²) in [4.78, 5) is 0. The van der Waals surface area contributed by atoms with Crippen LogP contribution in [0.3, 0.4) is 0 Å². The predicted molar refractivity (Wildman–Crippen MR) is 62.8 cm³/mol. The van der Waals surface area contributed by atoms with E-state index in [0.717, 1.165) is 0 Å². The SMILES string of the molecule is C=CC(C)(C)O[Si](C)(C)O[SiH](C)C. The Morgan fingerprint density at radius 3 is 2.08 bits per heavy atom. The normalized spacial score (nSPS) is 13.5. The van der Waals surface area contributed by atoms with Crippen LogP contribution in [-0.2, 0) is 8.54 Å². The average molecular weight is 218 g/mol. The van der Waals surface area contributed by atoms with Gasteiger partial charge in [-0.2, -0.15) is 0 Å². The zero-order chi connectivity index (χ0) is 10.7. The minimum Gasteiger partial charge on any atom is -0.439 e. The molecule has 0 aliphatic carbocycles. The lowest BCUT2D eigenvalue weighted by molar-refractivity contribution is 0.121. The van der Waals surface area contributed by atoms with Gasteiger partial charge in [0, 0.05) is 0 Å². The average Bonchev–Trinajstić information content (AvgIpc) is 1.81. The zero-order valence-electron chi connectivity index (χ0n) is 9.68. The van der Waals surface area contributed by atoms with Gasteiger partial charge in [0.05, 0.1) is 5.60 Å². The van der Waals surface area contributed by atoms with Gasteiger partial charge < -0.3 is 8.54 Å². The van der Waals surface area contributed by atoms with Gasteiger partial charge in [0.25, 0.3) is 0 Å². The molecular formula is C9H22O2Si2. The van der Waals surface area contributed by atoms with Crippen LogP contribution in [0.1, 0.15) is 13.8 Å². The summed E-state index contributed by atoms with van der Waals surface area (Å²) in [6.45, 7) is 16.3. The molecule has 0 heterocycles. The monoisotopic (exact) mass is 218 g/mol. The number of hydrogen-bond donors (Lipinski definition) is 0. The van der Waals surface area contributed by atoms with Crippen molar-refractivity contribution in [2.45, 2.75) is 45.6 Å². The van der Waals surface area contributed by atoms with Crippen molar-refractivity contribution in [1.82, 2.24) is 0 Å². The Morgan fingerprint density at radius 2 is 1.77 bits per heavy atom. The van der Waals surface area contributed by atoms with Gasteiger partial charge in [-0.15, -0.1) is 6.58 Å². The Morgan fingerprint density at radius 1 is 1.31 bits per heavy atom. The third kappa shape index (κ3) is 6.20. The second-order valence-corrected chi connectivity index (χ2v) is 10.5. The van der Waals surface area contributed by atoms with Gasteiger partial charge in [0.15, 0.2) is 9.04 Å². The van der Waals surface area contributed by atoms with Crippen LogP contribution in [0.15, 0.2) is 12.7 Å². The van der Waals surface area contributed by atoms with E-state index >= 15 is 0 Å². The van der Waals surface area contributed by atoms with Gasteiger partial charge in [-0.25, -0.2) is 0 Å². The van der Waals surface area contributed by atoms with E-state index in [0.29, 0.717) is 0 Å². The molecule has 0 atom stereocenters. The Hall–Kier alpha value is 0.0938. The smallest absolute Gasteiger partial charge is 0.321 e. The quantitative estimate of drug-likeness (QED) is 0.522. The van der Waals surface area contributed by atoms with Crippen LogP contribution in [-0.4, -0.2) is 23.2 Å². The molecule has 0 rings (SSSR count). The van der Waals surface area contributed by atoms with E-state index in [4.69, 9.17) is 8.54 Å². The minimum atomic E-state index is -1.93. The third-order valence-corrected chi connectivity index (χ3v) is 6.69. The predicted octanol–water partition coefficient (Wildman–Crippen LogP) is 2.67. The first-order valence-corrected chi connectivity index (χ1v) is 10.3. The van der Waals surface area contributed by atoms with Crippen molar-refractivity contribution < 1.29 is 8.54 Å². The standard InChI is InChI=1S/C9H22O2Si2/c1-8-9(2,3)10-13(6,7)11-12(4)5/h8,12H,1H2,2-7H3. The molecule has 4 heteroatoms. The van der Waals surface area contributed by atoms with E-state index in [-0.39, 0.29) is 5.60 Å². The first-order chi connectivity index (χ1) is 5.68. The Labute approximate surface area is 84.9 Å². The molecule has 0 aliphatic heterocycles. The maximum Gasteiger partial charge on any atom is 0.321 e. The van der Waals surface area contributed by atoms with Crippen molar-refractivity contribution in [1.29, 1.82) is 0 Å². The highest BCUT2D eigenvalue weighted by Crippen LogP contribution is 2.19. The highest BCUT2D eigenvalue weighted by Gasteiger charge is 2.31. The number of hydrogen-bond acceptors (Lipinski definition) is 2. The van der Waals surface area contributed by atoms with Crippen molar-refractivity contribution in [2.24, 2.45) is 0 Å². The van der Waals surface area contributed by atoms with E-state index in [1.807, 2.05) is 19.9 Å². The molecule has 0 amide bonds. The minimum absolute atomic E-state index is 0.265. The second-order valence-electron chi connectivity index (χ2n) is 4.48. The molecule has 0 radical (unpaired) electrons. The molecule has 0 spiro atoms. The van der Waals surface area contributed by atoms with Gasteiger partial charge >= 0.3 is 8.56 Å². The summed E-state index contributed by atoms with van der Waals surface area (Å²) in [6, 6.07) is 0. The molecule has 0 saturated carbocycles. The van der Waals surface area contributed by atoms with Gasteiger partial charge in [0.2, 0.25) is 0 Å². The van der Waals surface area contributed by atoms with Crippen LogP contribution in [0, 0.1) is 0 Å². The van der Waals surface area contributed by atoms with E-state index in [1.165, 1.54) is 0 Å². The summed E-state index contributed by atoms with van der Waals surface area (Å²) >= 11 is 0. The molecule has 0 aromatic rings. The molecule has 0 N–H and O–H groups in total. The summed E-state index contributed by atoms with van der Waals surface area (Å²) in [5.41, 5.74) is -0.265. The summed E-state index contributed by atoms with van der Waals surface area (Å²) in [5, 5.41) is 0. The van der Waals surface area contributed by atoms with E-state index in [9.17, 15) is 0 Å². The molecule has 2 nitrogen and oxygen atoms in total. The fourth-order valence-electron chi connectivity index (χ4n) is 1.27. The highest BCUT2D eigenvalue weighted by molar-refractivity contribution is 6.73. The molecule has 0 bridgehead atoms. The van der Waals surface area contributed by atoms with Crippen LogP contribution < -0.4 is 0 Å².